The van der Waals surface area contributed by atoms with Crippen LogP contribution in [0.4, 0.5) is 8.78 Å². The Morgan fingerprint density at radius 2 is 2.20 bits per heavy atom. The van der Waals surface area contributed by atoms with Crippen LogP contribution in [0.5, 0.6) is 0 Å². The normalized spacial score (nSPS) is 12.6. The molecule has 2 rings (SSSR count). The number of nitrogens with zero attached hydrogens (tertiary/aromatic N) is 2. The molecule has 1 atom stereocenters. The molecule has 0 aliphatic rings. The molecular formula is C13H15F2N3O2. The second-order valence-electron chi connectivity index (χ2n) is 4.35. The predicted octanol–water partition coefficient (Wildman–Crippen LogP) is 1.97. The molecular weight excluding hydrogens is 268 g/mol. The van der Waals surface area contributed by atoms with Crippen LogP contribution in [0.3, 0.4) is 0 Å². The van der Waals surface area contributed by atoms with Crippen LogP contribution >= 0.6 is 0 Å². The molecule has 0 saturated carbocycles. The van der Waals surface area contributed by atoms with Gasteiger partial charge in [-0.25, -0.2) is 8.78 Å². The van der Waals surface area contributed by atoms with Gasteiger partial charge in [0.05, 0.1) is 6.04 Å². The highest BCUT2D eigenvalue weighted by molar-refractivity contribution is 5.21. The van der Waals surface area contributed by atoms with Gasteiger partial charge in [-0.15, -0.1) is 0 Å². The Labute approximate surface area is 114 Å². The number of ether oxygens (including phenoxy) is 1. The number of aromatic nitrogens is 2. The molecule has 7 heteroatoms. The fraction of sp³-hybridized carbons (Fsp3) is 0.385. The Morgan fingerprint density at radius 3 is 2.90 bits per heavy atom. The first-order valence-electron chi connectivity index (χ1n) is 6.11. The average molecular weight is 283 g/mol. The first-order valence-corrected chi connectivity index (χ1v) is 6.11. The third kappa shape index (κ3) is 3.58. The number of hydrogen-bond acceptors (Lipinski definition) is 5. The van der Waals surface area contributed by atoms with Crippen molar-refractivity contribution < 1.29 is 18.0 Å². The molecule has 20 heavy (non-hydrogen) atoms. The van der Waals surface area contributed by atoms with E-state index in [2.05, 4.69) is 10.1 Å². The molecule has 0 radical (unpaired) electrons. The summed E-state index contributed by atoms with van der Waals surface area (Å²) >= 11 is 0. The minimum atomic E-state index is -0.639. The van der Waals surface area contributed by atoms with Crippen LogP contribution in [-0.2, 0) is 11.2 Å². The van der Waals surface area contributed by atoms with Gasteiger partial charge < -0.3 is 15.0 Å². The molecule has 2 aromatic rings. The molecule has 5 nitrogen and oxygen atoms in total. The Balaban J connectivity index is 2.05. The van der Waals surface area contributed by atoms with E-state index in [-0.39, 0.29) is 12.3 Å². The number of halogens is 2. The Kier molecular flexibility index (Phi) is 4.75. The average Bonchev–Trinajstić information content (AvgIpc) is 2.88. The third-order valence-corrected chi connectivity index (χ3v) is 2.80. The minimum absolute atomic E-state index is 0.118. The fourth-order valence-corrected chi connectivity index (χ4v) is 1.69. The van der Waals surface area contributed by atoms with Crippen molar-refractivity contribution >= 4 is 0 Å². The third-order valence-electron chi connectivity index (χ3n) is 2.80. The summed E-state index contributed by atoms with van der Waals surface area (Å²) in [5, 5.41) is 3.74. The van der Waals surface area contributed by atoms with Crippen LogP contribution in [0.2, 0.25) is 0 Å². The van der Waals surface area contributed by atoms with Gasteiger partial charge >= 0.3 is 0 Å². The highest BCUT2D eigenvalue weighted by atomic mass is 19.1. The van der Waals surface area contributed by atoms with Gasteiger partial charge in [-0.2, -0.15) is 4.98 Å². The monoisotopic (exact) mass is 283 g/mol. The maximum absolute atomic E-state index is 13.5. The van der Waals surface area contributed by atoms with Crippen molar-refractivity contribution in [3.05, 3.63) is 47.1 Å². The summed E-state index contributed by atoms with van der Waals surface area (Å²) in [5.74, 6) is -0.681. The van der Waals surface area contributed by atoms with E-state index >= 15 is 0 Å². The summed E-state index contributed by atoms with van der Waals surface area (Å²) in [5.41, 5.74) is 6.13. The van der Waals surface area contributed by atoms with Gasteiger partial charge in [0.2, 0.25) is 5.89 Å². The lowest BCUT2D eigenvalue weighted by molar-refractivity contribution is 0.182. The van der Waals surface area contributed by atoms with Crippen molar-refractivity contribution in [1.29, 1.82) is 0 Å². The van der Waals surface area contributed by atoms with Crippen molar-refractivity contribution in [2.45, 2.75) is 18.9 Å². The molecule has 0 spiro atoms. The van der Waals surface area contributed by atoms with Crippen molar-refractivity contribution in [1.82, 2.24) is 10.1 Å². The molecule has 0 aliphatic heterocycles. The van der Waals surface area contributed by atoms with Gasteiger partial charge in [0.15, 0.2) is 5.82 Å². The summed E-state index contributed by atoms with van der Waals surface area (Å²) in [6.07, 6.45) is 0.662. The van der Waals surface area contributed by atoms with Crippen LogP contribution in [-0.4, -0.2) is 23.9 Å². The molecule has 108 valence electrons. The Morgan fingerprint density at radius 1 is 1.40 bits per heavy atom. The van der Waals surface area contributed by atoms with Gasteiger partial charge in [0.25, 0.3) is 0 Å². The summed E-state index contributed by atoms with van der Waals surface area (Å²) < 4.78 is 36.2. The molecule has 0 bridgehead atoms. The predicted molar refractivity (Wildman–Crippen MR) is 66.9 cm³/mol. The van der Waals surface area contributed by atoms with Gasteiger partial charge in [-0.1, -0.05) is 11.2 Å². The number of benzene rings is 1. The largest absolute Gasteiger partial charge is 0.385 e. The molecule has 1 aromatic heterocycles. The summed E-state index contributed by atoms with van der Waals surface area (Å²) in [6.45, 7) is 0.478. The van der Waals surface area contributed by atoms with E-state index in [9.17, 15) is 8.78 Å². The number of rotatable bonds is 6. The van der Waals surface area contributed by atoms with E-state index in [0.29, 0.717) is 24.4 Å². The summed E-state index contributed by atoms with van der Waals surface area (Å²) in [4.78, 5) is 4.10. The van der Waals surface area contributed by atoms with Crippen LogP contribution in [0.15, 0.2) is 22.7 Å². The number of hydrogen-bond donors (Lipinski definition) is 1. The quantitative estimate of drug-likeness (QED) is 0.877. The molecule has 1 unspecified atom stereocenters. The maximum Gasteiger partial charge on any atom is 0.243 e. The van der Waals surface area contributed by atoms with Gasteiger partial charge in [0.1, 0.15) is 11.6 Å². The zero-order valence-corrected chi connectivity index (χ0v) is 11.0. The zero-order valence-electron chi connectivity index (χ0n) is 11.0. The minimum Gasteiger partial charge on any atom is -0.385 e. The molecule has 0 fully saturated rings. The fourth-order valence-electron chi connectivity index (χ4n) is 1.69. The first-order chi connectivity index (χ1) is 9.60. The molecule has 1 aromatic carbocycles. The van der Waals surface area contributed by atoms with E-state index in [1.54, 1.807) is 7.11 Å². The lowest BCUT2D eigenvalue weighted by Crippen LogP contribution is -2.13. The second-order valence-corrected chi connectivity index (χ2v) is 4.35. The summed E-state index contributed by atoms with van der Waals surface area (Å²) in [6, 6.07) is 2.94. The zero-order chi connectivity index (χ0) is 14.5. The molecule has 0 aliphatic carbocycles. The Bertz CT molecular complexity index is 574. The van der Waals surface area contributed by atoms with Crippen LogP contribution in [0.25, 0.3) is 0 Å². The van der Waals surface area contributed by atoms with Crippen LogP contribution in [0.1, 0.15) is 29.7 Å². The number of nitrogens with two attached hydrogens (primary N) is 1. The molecule has 1 heterocycles. The molecule has 2 N–H and O–H groups in total. The first kappa shape index (κ1) is 14.5. The Hall–Kier alpha value is -1.86. The standard InChI is InChI=1S/C13H15F2N3O2/c1-19-5-4-11(16)13-17-12(18-20-13)6-8-2-3-9(14)7-10(8)15/h2-3,7,11H,4-6,16H2,1H3. The van der Waals surface area contributed by atoms with Gasteiger partial charge in [-0.3, -0.25) is 0 Å². The van der Waals surface area contributed by atoms with Crippen molar-refractivity contribution in [3.8, 4) is 0 Å². The highest BCUT2D eigenvalue weighted by Crippen LogP contribution is 2.16. The van der Waals surface area contributed by atoms with E-state index in [4.69, 9.17) is 15.0 Å². The van der Waals surface area contributed by atoms with Crippen molar-refractivity contribution in [2.75, 3.05) is 13.7 Å². The second kappa shape index (κ2) is 6.53. The van der Waals surface area contributed by atoms with E-state index in [1.165, 1.54) is 12.1 Å². The topological polar surface area (TPSA) is 74.2 Å². The lowest BCUT2D eigenvalue weighted by Gasteiger charge is -2.04. The van der Waals surface area contributed by atoms with Gasteiger partial charge in [0, 0.05) is 26.2 Å². The smallest absolute Gasteiger partial charge is 0.243 e. The van der Waals surface area contributed by atoms with E-state index in [1.807, 2.05) is 0 Å². The molecule has 0 amide bonds. The van der Waals surface area contributed by atoms with Crippen LogP contribution < -0.4 is 5.73 Å². The van der Waals surface area contributed by atoms with Crippen LogP contribution in [0, 0.1) is 11.6 Å². The summed E-state index contributed by atoms with van der Waals surface area (Å²) in [7, 11) is 1.57. The molecule has 0 saturated heterocycles. The van der Waals surface area contributed by atoms with Gasteiger partial charge in [-0.05, 0) is 18.1 Å². The number of methoxy groups -OCH3 is 1. The maximum atomic E-state index is 13.5. The van der Waals surface area contributed by atoms with E-state index in [0.717, 1.165) is 6.07 Å². The van der Waals surface area contributed by atoms with Crippen molar-refractivity contribution in [3.63, 3.8) is 0 Å². The lowest BCUT2D eigenvalue weighted by atomic mass is 10.1. The highest BCUT2D eigenvalue weighted by Gasteiger charge is 2.15. The van der Waals surface area contributed by atoms with E-state index < -0.39 is 17.7 Å². The van der Waals surface area contributed by atoms with Crippen molar-refractivity contribution in [2.24, 2.45) is 5.73 Å². The SMILES string of the molecule is COCCC(N)c1nc(Cc2ccc(F)cc2F)no1.